The van der Waals surface area contributed by atoms with Crippen molar-refractivity contribution in [2.24, 2.45) is 0 Å². The summed E-state index contributed by atoms with van der Waals surface area (Å²) < 4.78 is 5.52. The smallest absolute Gasteiger partial charge is 0.119 e. The maximum Gasteiger partial charge on any atom is 0.119 e. The van der Waals surface area contributed by atoms with Crippen LogP contribution in [0.4, 0.5) is 0 Å². The normalized spacial score (nSPS) is 16.4. The summed E-state index contributed by atoms with van der Waals surface area (Å²) in [7, 11) is 2.24. The zero-order chi connectivity index (χ0) is 14.4. The Kier molecular flexibility index (Phi) is 5.86. The van der Waals surface area contributed by atoms with Gasteiger partial charge < -0.3 is 15.0 Å². The Balaban J connectivity index is 1.99. The van der Waals surface area contributed by atoms with Gasteiger partial charge in [0.15, 0.2) is 0 Å². The first-order valence-corrected chi connectivity index (χ1v) is 7.91. The average molecular weight is 276 g/mol. The zero-order valence-electron chi connectivity index (χ0n) is 13.1. The molecule has 0 spiro atoms. The third-order valence-electron chi connectivity index (χ3n) is 3.87. The number of benzene rings is 1. The highest BCUT2D eigenvalue weighted by Crippen LogP contribution is 2.27. The van der Waals surface area contributed by atoms with Crippen molar-refractivity contribution in [2.75, 3.05) is 26.7 Å². The molecule has 3 nitrogen and oxygen atoms in total. The van der Waals surface area contributed by atoms with Gasteiger partial charge in [-0.3, -0.25) is 0 Å². The molecule has 3 heteroatoms. The maximum absolute atomic E-state index is 5.52. The second-order valence-corrected chi connectivity index (χ2v) is 5.68. The van der Waals surface area contributed by atoms with Gasteiger partial charge in [0.25, 0.3) is 0 Å². The Morgan fingerprint density at radius 3 is 2.50 bits per heavy atom. The van der Waals surface area contributed by atoms with Crippen LogP contribution in [0.25, 0.3) is 0 Å². The number of likely N-dealkylation sites (N-methyl/N-ethyl adjacent to an activating group) is 1. The molecule has 20 heavy (non-hydrogen) atoms. The summed E-state index contributed by atoms with van der Waals surface area (Å²) in [5.41, 5.74) is 1.36. The molecule has 0 amide bonds. The number of hydrogen-bond donors (Lipinski definition) is 1. The SMILES string of the molecule is CCCNC(CN(C)C1CC1)c1ccc(OCC)cc1. The summed E-state index contributed by atoms with van der Waals surface area (Å²) in [6.07, 6.45) is 3.89. The molecule has 1 aliphatic rings. The second-order valence-electron chi connectivity index (χ2n) is 5.68. The summed E-state index contributed by atoms with van der Waals surface area (Å²) in [5.74, 6) is 0.959. The van der Waals surface area contributed by atoms with E-state index in [2.05, 4.69) is 48.5 Å². The van der Waals surface area contributed by atoms with E-state index in [1.54, 1.807) is 0 Å². The van der Waals surface area contributed by atoms with Crippen LogP contribution in [0, 0.1) is 0 Å². The molecule has 1 saturated carbocycles. The van der Waals surface area contributed by atoms with Gasteiger partial charge in [-0.1, -0.05) is 19.1 Å². The van der Waals surface area contributed by atoms with Gasteiger partial charge in [0.2, 0.25) is 0 Å². The lowest BCUT2D eigenvalue weighted by Gasteiger charge is -2.25. The van der Waals surface area contributed by atoms with Crippen molar-refractivity contribution in [1.82, 2.24) is 10.2 Å². The molecule has 0 heterocycles. The van der Waals surface area contributed by atoms with Gasteiger partial charge in [-0.15, -0.1) is 0 Å². The van der Waals surface area contributed by atoms with Crippen molar-refractivity contribution in [3.8, 4) is 5.75 Å². The van der Waals surface area contributed by atoms with Gasteiger partial charge in [0.1, 0.15) is 5.75 Å². The molecule has 1 aromatic rings. The van der Waals surface area contributed by atoms with Gasteiger partial charge in [-0.05, 0) is 57.5 Å². The first-order chi connectivity index (χ1) is 9.74. The lowest BCUT2D eigenvalue weighted by Crippen LogP contribution is -2.34. The fourth-order valence-electron chi connectivity index (χ4n) is 2.52. The third kappa shape index (κ3) is 4.50. The predicted octanol–water partition coefficient (Wildman–Crippen LogP) is 3.22. The fourth-order valence-corrected chi connectivity index (χ4v) is 2.52. The van der Waals surface area contributed by atoms with Crippen LogP contribution in [0.15, 0.2) is 24.3 Å². The minimum atomic E-state index is 0.413. The first kappa shape index (κ1) is 15.3. The molecule has 0 bridgehead atoms. The van der Waals surface area contributed by atoms with Crippen molar-refractivity contribution in [2.45, 2.75) is 45.2 Å². The molecule has 0 saturated heterocycles. The van der Waals surface area contributed by atoms with E-state index in [1.807, 2.05) is 6.92 Å². The molecule has 1 fully saturated rings. The molecule has 1 unspecified atom stereocenters. The van der Waals surface area contributed by atoms with E-state index in [9.17, 15) is 0 Å². The molecule has 1 aromatic carbocycles. The number of hydrogen-bond acceptors (Lipinski definition) is 3. The predicted molar refractivity (Wildman–Crippen MR) is 84.3 cm³/mol. The van der Waals surface area contributed by atoms with Crippen molar-refractivity contribution >= 4 is 0 Å². The molecule has 1 atom stereocenters. The van der Waals surface area contributed by atoms with E-state index >= 15 is 0 Å². The molecule has 112 valence electrons. The van der Waals surface area contributed by atoms with Crippen LogP contribution < -0.4 is 10.1 Å². The van der Waals surface area contributed by atoms with E-state index < -0.39 is 0 Å². The summed E-state index contributed by atoms with van der Waals surface area (Å²) in [4.78, 5) is 2.49. The molecule has 0 radical (unpaired) electrons. The van der Waals surface area contributed by atoms with E-state index in [1.165, 1.54) is 24.8 Å². The lowest BCUT2D eigenvalue weighted by molar-refractivity contribution is 0.281. The topological polar surface area (TPSA) is 24.5 Å². The van der Waals surface area contributed by atoms with Crippen molar-refractivity contribution < 1.29 is 4.74 Å². The summed E-state index contributed by atoms with van der Waals surface area (Å²) in [5, 5.41) is 3.67. The molecule has 1 N–H and O–H groups in total. The molecule has 2 rings (SSSR count). The van der Waals surface area contributed by atoms with Crippen LogP contribution >= 0.6 is 0 Å². The number of nitrogens with one attached hydrogen (secondary N) is 1. The van der Waals surface area contributed by atoms with Gasteiger partial charge in [0, 0.05) is 18.6 Å². The highest BCUT2D eigenvalue weighted by molar-refractivity contribution is 5.29. The van der Waals surface area contributed by atoms with Gasteiger partial charge >= 0.3 is 0 Å². The summed E-state index contributed by atoms with van der Waals surface area (Å²) in [6.45, 7) is 7.10. The second kappa shape index (κ2) is 7.65. The fraction of sp³-hybridized carbons (Fsp3) is 0.647. The van der Waals surface area contributed by atoms with Crippen LogP contribution in [0.5, 0.6) is 5.75 Å². The Bertz CT molecular complexity index is 386. The molecule has 1 aliphatic carbocycles. The standard InChI is InChI=1S/C17H28N2O/c1-4-12-18-17(13-19(3)15-8-9-15)14-6-10-16(11-7-14)20-5-2/h6-7,10-11,15,17-18H,4-5,8-9,12-13H2,1-3H3. The van der Waals surface area contributed by atoms with Crippen LogP contribution in [0.2, 0.25) is 0 Å². The highest BCUT2D eigenvalue weighted by Gasteiger charge is 2.27. The molecular weight excluding hydrogens is 248 g/mol. The minimum absolute atomic E-state index is 0.413. The minimum Gasteiger partial charge on any atom is -0.494 e. The molecular formula is C17H28N2O. The largest absolute Gasteiger partial charge is 0.494 e. The van der Waals surface area contributed by atoms with E-state index in [0.717, 1.165) is 31.5 Å². The Morgan fingerprint density at radius 1 is 1.25 bits per heavy atom. The number of nitrogens with zero attached hydrogens (tertiary/aromatic N) is 1. The van der Waals surface area contributed by atoms with E-state index in [-0.39, 0.29) is 0 Å². The third-order valence-corrected chi connectivity index (χ3v) is 3.87. The maximum atomic E-state index is 5.52. The lowest BCUT2D eigenvalue weighted by atomic mass is 10.1. The van der Waals surface area contributed by atoms with Gasteiger partial charge in [-0.2, -0.15) is 0 Å². The van der Waals surface area contributed by atoms with Crippen LogP contribution in [-0.4, -0.2) is 37.7 Å². The quantitative estimate of drug-likeness (QED) is 0.749. The Labute approximate surface area is 123 Å². The van der Waals surface area contributed by atoms with E-state index in [0.29, 0.717) is 6.04 Å². The monoisotopic (exact) mass is 276 g/mol. The van der Waals surface area contributed by atoms with Gasteiger partial charge in [0.05, 0.1) is 6.61 Å². The average Bonchev–Trinajstić information content (AvgIpc) is 3.29. The van der Waals surface area contributed by atoms with Crippen LogP contribution in [0.1, 0.15) is 44.7 Å². The van der Waals surface area contributed by atoms with Crippen LogP contribution in [0.3, 0.4) is 0 Å². The van der Waals surface area contributed by atoms with E-state index in [4.69, 9.17) is 4.74 Å². The van der Waals surface area contributed by atoms with Gasteiger partial charge in [-0.25, -0.2) is 0 Å². The summed E-state index contributed by atoms with van der Waals surface area (Å²) >= 11 is 0. The number of ether oxygens (including phenoxy) is 1. The zero-order valence-corrected chi connectivity index (χ0v) is 13.1. The van der Waals surface area contributed by atoms with Crippen LogP contribution in [-0.2, 0) is 0 Å². The molecule has 0 aromatic heterocycles. The van der Waals surface area contributed by atoms with Crippen molar-refractivity contribution in [3.63, 3.8) is 0 Å². The highest BCUT2D eigenvalue weighted by atomic mass is 16.5. The molecule has 0 aliphatic heterocycles. The Hall–Kier alpha value is -1.06. The van der Waals surface area contributed by atoms with Crippen molar-refractivity contribution in [1.29, 1.82) is 0 Å². The first-order valence-electron chi connectivity index (χ1n) is 7.91. The summed E-state index contributed by atoms with van der Waals surface area (Å²) in [6, 6.07) is 9.77. The van der Waals surface area contributed by atoms with Crippen molar-refractivity contribution in [3.05, 3.63) is 29.8 Å². The Morgan fingerprint density at radius 2 is 1.95 bits per heavy atom. The number of rotatable bonds is 9.